The number of nitrogens with zero attached hydrogens (tertiary/aromatic N) is 14. The molecule has 14 aromatic heterocycles. The molecule has 9 aliphatic heterocycles. The van der Waals surface area contributed by atoms with Gasteiger partial charge in [-0.05, 0) is 219 Å². The van der Waals surface area contributed by atoms with E-state index in [4.69, 9.17) is 37.2 Å². The Morgan fingerprint density at radius 3 is 1.31 bits per heavy atom. The zero-order chi connectivity index (χ0) is 88.6. The number of ether oxygens (including phenoxy) is 4. The third-order valence-electron chi connectivity index (χ3n) is 30.4. The van der Waals surface area contributed by atoms with Crippen molar-refractivity contribution < 1.29 is 59.9 Å². The van der Waals surface area contributed by atoms with Crippen LogP contribution in [0.25, 0.3) is 172 Å². The zero-order valence-corrected chi connectivity index (χ0v) is 73.3. The Kier molecular flexibility index (Phi) is 13.1. The van der Waals surface area contributed by atoms with Gasteiger partial charge in [0.1, 0.15) is 96.0 Å². The normalized spacial score (nSPS) is 16.7. The van der Waals surface area contributed by atoms with Gasteiger partial charge in [-0.15, -0.1) is 14.0 Å². The van der Waals surface area contributed by atoms with Crippen LogP contribution in [0.15, 0.2) is 341 Å². The second kappa shape index (κ2) is 24.6. The van der Waals surface area contributed by atoms with E-state index >= 15 is 0 Å². The standard InChI is InChI=1S/2C40H25N5O2.C34H22N4O3/c1-22-35(24-15-16-26-28-10-8-19-41-39(28)47-33(26)21-24)23(2)45-40-36-30(44(22)45)12-7-13-31(36)46-32-18-17-27-25-9-3-4-11-29(25)43(38(27)37(32)40)34-14-5-6-20-42(34)40;1-22-35(24-15-16-27-33(21-24)47-32-13-8-19-41-38(27)32)23(2)45-40-36-29(44(22)45)11-7-12-30(36)46-31-18-17-26-25-9-3-4-10-28(25)43(39(26)37(31)40)34-14-5-6-20-42(34)40;1-19-30(23-17-16-22-21-9-3-4-11-25(21)41-33(22)35-23)20(2)38-34-31-24(37(19)38)10-7-12-26(31)39-27-13-8-14-28(32(27)34)40-29-15-5-6-18-36(29)34/h2*3-21H,1-2H3;3-18H,1-2H3/q3*+2. The average molecular weight is 1750 g/mol. The number of aromatic nitrogens is 14. The molecule has 3 unspecified atom stereocenters. The maximum absolute atomic E-state index is 6.84. The Morgan fingerprint density at radius 2 is 0.711 bits per heavy atom. The Morgan fingerprint density at radius 1 is 0.289 bits per heavy atom. The molecule has 0 saturated carbocycles. The Labute approximate surface area is 765 Å². The van der Waals surface area contributed by atoms with E-state index in [1.807, 2.05) is 72.9 Å². The fourth-order valence-electron chi connectivity index (χ4n) is 25.7. The zero-order valence-electron chi connectivity index (χ0n) is 73.3. The first-order valence-electron chi connectivity index (χ1n) is 45.7. The molecule has 34 rings (SSSR count). The van der Waals surface area contributed by atoms with Gasteiger partial charge in [0.05, 0.1) is 57.9 Å². The minimum Gasteiger partial charge on any atom is -0.456 e. The van der Waals surface area contributed by atoms with Crippen LogP contribution in [-0.4, -0.2) is 38.1 Å². The second-order valence-electron chi connectivity index (χ2n) is 36.6. The van der Waals surface area contributed by atoms with Crippen LogP contribution in [0.1, 0.15) is 67.5 Å². The van der Waals surface area contributed by atoms with Crippen LogP contribution in [-0.2, 0) is 17.0 Å². The van der Waals surface area contributed by atoms with E-state index in [9.17, 15) is 0 Å². The lowest BCUT2D eigenvalue weighted by atomic mass is 9.84. The molecule has 0 N–H and O–H groups in total. The van der Waals surface area contributed by atoms with Gasteiger partial charge >= 0.3 is 22.9 Å². The molecule has 11 aromatic carbocycles. The summed E-state index contributed by atoms with van der Waals surface area (Å²) in [7, 11) is 0. The van der Waals surface area contributed by atoms with Crippen molar-refractivity contribution in [3.8, 4) is 108 Å². The topological polar surface area (TPSA) is 163 Å². The van der Waals surface area contributed by atoms with Crippen LogP contribution in [0, 0.1) is 41.5 Å². The largest absolute Gasteiger partial charge is 0.456 e. The molecule has 9 aliphatic rings. The van der Waals surface area contributed by atoms with Crippen LogP contribution in [0.5, 0.6) is 46.1 Å². The van der Waals surface area contributed by atoms with E-state index in [1.54, 1.807) is 6.20 Å². The van der Waals surface area contributed by atoms with E-state index in [1.165, 1.54) is 54.7 Å². The predicted octanol–water partition coefficient (Wildman–Crippen LogP) is 22.0. The van der Waals surface area contributed by atoms with Crippen molar-refractivity contribution in [2.75, 3.05) is 0 Å². The Balaban J connectivity index is 0.0000000931. The molecule has 0 amide bonds. The summed E-state index contributed by atoms with van der Waals surface area (Å²) < 4.78 is 72.1. The molecule has 0 bridgehead atoms. The summed E-state index contributed by atoms with van der Waals surface area (Å²) in [4.78, 5) is 14.1. The van der Waals surface area contributed by atoms with Crippen LogP contribution < -0.4 is 46.7 Å². The third-order valence-corrected chi connectivity index (χ3v) is 30.4. The number of furan rings is 3. The molecule has 3 spiro atoms. The van der Waals surface area contributed by atoms with E-state index < -0.39 is 17.0 Å². The molecule has 135 heavy (non-hydrogen) atoms. The van der Waals surface area contributed by atoms with E-state index in [0.717, 1.165) is 220 Å². The highest BCUT2D eigenvalue weighted by Crippen LogP contribution is 2.61. The van der Waals surface area contributed by atoms with Crippen molar-refractivity contribution in [2.45, 2.75) is 58.5 Å². The van der Waals surface area contributed by atoms with Crippen molar-refractivity contribution >= 4 is 110 Å². The van der Waals surface area contributed by atoms with Gasteiger partial charge in [-0.3, -0.25) is 4.98 Å². The maximum Gasteiger partial charge on any atom is 0.452 e. The van der Waals surface area contributed by atoms with Gasteiger partial charge in [-0.25, -0.2) is 9.97 Å². The summed E-state index contributed by atoms with van der Waals surface area (Å²) in [6.07, 6.45) is 10.2. The van der Waals surface area contributed by atoms with Crippen molar-refractivity contribution in [3.63, 3.8) is 0 Å². The number of rotatable bonds is 3. The van der Waals surface area contributed by atoms with E-state index in [2.05, 4.69) is 352 Å². The summed E-state index contributed by atoms with van der Waals surface area (Å²) in [5.74, 6) is 8.94. The summed E-state index contributed by atoms with van der Waals surface area (Å²) >= 11 is 0. The van der Waals surface area contributed by atoms with Gasteiger partial charge in [-0.2, -0.15) is 18.3 Å². The fraction of sp³-hybridized carbons (Fsp3) is 0.0789. The quantitative estimate of drug-likeness (QED) is 0.156. The number of hydrogen-bond acceptors (Lipinski definition) is 10. The number of fused-ring (bicyclic) bond motifs is 26. The number of benzene rings is 11. The highest BCUT2D eigenvalue weighted by molar-refractivity contribution is 6.14. The van der Waals surface area contributed by atoms with Crippen molar-refractivity contribution in [3.05, 3.63) is 396 Å². The average Bonchev–Trinajstić information content (AvgIpc) is 1.48. The molecule has 0 aliphatic carbocycles. The highest BCUT2D eigenvalue weighted by atomic mass is 16.5. The van der Waals surface area contributed by atoms with Crippen LogP contribution >= 0.6 is 0 Å². The van der Waals surface area contributed by atoms with Crippen LogP contribution in [0.4, 0.5) is 0 Å². The maximum atomic E-state index is 6.84. The number of pyridine rings is 6. The molecule has 3 atom stereocenters. The predicted molar refractivity (Wildman–Crippen MR) is 508 cm³/mol. The van der Waals surface area contributed by atoms with E-state index in [-0.39, 0.29) is 0 Å². The summed E-state index contributed by atoms with van der Waals surface area (Å²) in [6, 6.07) is 104. The number of para-hydroxylation sites is 3. The van der Waals surface area contributed by atoms with Gasteiger partial charge in [0.25, 0.3) is 11.6 Å². The highest BCUT2D eigenvalue weighted by Gasteiger charge is 2.75. The van der Waals surface area contributed by atoms with Crippen molar-refractivity contribution in [2.24, 2.45) is 0 Å². The first-order valence-corrected chi connectivity index (χ1v) is 45.7. The monoisotopic (exact) mass is 1750 g/mol. The Bertz CT molecular complexity index is 9530. The lowest BCUT2D eigenvalue weighted by Gasteiger charge is -2.33. The fourth-order valence-corrected chi connectivity index (χ4v) is 25.7. The van der Waals surface area contributed by atoms with Gasteiger partial charge in [0.15, 0.2) is 50.8 Å². The molecule has 0 radical (unpaired) electrons. The summed E-state index contributed by atoms with van der Waals surface area (Å²) in [5, 5.41) is 10.1. The molecule has 23 heterocycles. The van der Waals surface area contributed by atoms with Crippen molar-refractivity contribution in [1.29, 1.82) is 0 Å². The van der Waals surface area contributed by atoms with Gasteiger partial charge in [-0.1, -0.05) is 105 Å². The minimum absolute atomic E-state index is 0.643. The molecule has 0 fully saturated rings. The first kappa shape index (κ1) is 72.0. The smallest absolute Gasteiger partial charge is 0.452 e. The third kappa shape index (κ3) is 8.29. The van der Waals surface area contributed by atoms with Crippen molar-refractivity contribution in [1.82, 2.24) is 38.1 Å². The van der Waals surface area contributed by atoms with Gasteiger partial charge < -0.3 is 32.2 Å². The Hall–Kier alpha value is -17.9. The molecular weight excluding hydrogens is 1680 g/mol. The lowest BCUT2D eigenvalue weighted by Crippen LogP contribution is -2.77. The van der Waals surface area contributed by atoms with Crippen LogP contribution in [0.2, 0.25) is 0 Å². The molecular formula is C114H72N14O7+6. The van der Waals surface area contributed by atoms with Crippen LogP contribution in [0.3, 0.4) is 0 Å². The first-order chi connectivity index (χ1) is 66.5. The molecule has 25 aromatic rings. The molecule has 0 saturated heterocycles. The van der Waals surface area contributed by atoms with E-state index in [0.29, 0.717) is 11.4 Å². The number of hydrogen-bond donors (Lipinski definition) is 0. The molecule has 21 heteroatoms. The van der Waals surface area contributed by atoms with Gasteiger partial charge in [0, 0.05) is 99.8 Å². The minimum atomic E-state index is -0.749. The summed E-state index contributed by atoms with van der Waals surface area (Å²) in [5.41, 5.74) is 31.5. The molecule has 634 valence electrons. The summed E-state index contributed by atoms with van der Waals surface area (Å²) in [6.45, 7) is 13.3. The molecule has 21 nitrogen and oxygen atoms in total. The SMILES string of the molecule is Cc1c(-c2ccc3c(c2)oc2cccnc23)c(C)[n+]2n1-c1cccc3c1C21c2c(ccc4c5ccccc5n(c24)-c2cccc[n+]21)O3.Cc1c(-c2ccc3c(c2)oc2ncccc23)c(C)[n+]2n1-c1cccc3c1C21c2c(ccc4c5ccccc5n(c24)-c2cccc[n+]21)O3.Cc1c(-c2ccc3c(n2)oc2ccccc23)c(C)[n+]2n1-c1cccc3c1C21c2c(cccc2Oc2cccc[n+]21)O3. The van der Waals surface area contributed by atoms with Gasteiger partial charge in [0.2, 0.25) is 28.5 Å². The lowest BCUT2D eigenvalue weighted by molar-refractivity contribution is -0.999. The second-order valence-corrected chi connectivity index (χ2v) is 36.6.